The van der Waals surface area contributed by atoms with E-state index in [1.54, 1.807) is 0 Å². The van der Waals surface area contributed by atoms with Gasteiger partial charge in [-0.3, -0.25) is 4.90 Å². The Morgan fingerprint density at radius 1 is 1.40 bits per heavy atom. The molecule has 0 aliphatic carbocycles. The maximum absolute atomic E-state index is 9.10. The molecule has 1 aliphatic rings. The van der Waals surface area contributed by atoms with Crippen molar-refractivity contribution in [2.24, 2.45) is 0 Å². The van der Waals surface area contributed by atoms with Crippen LogP contribution >= 0.6 is 0 Å². The highest BCUT2D eigenvalue weighted by Crippen LogP contribution is 2.16. The summed E-state index contributed by atoms with van der Waals surface area (Å²) in [7, 11) is 0. The van der Waals surface area contributed by atoms with E-state index in [1.807, 2.05) is 31.2 Å². The summed E-state index contributed by atoms with van der Waals surface area (Å²) < 4.78 is 5.66. The van der Waals surface area contributed by atoms with E-state index in [9.17, 15) is 0 Å². The summed E-state index contributed by atoms with van der Waals surface area (Å²) in [6, 6.07) is 8.02. The van der Waals surface area contributed by atoms with Crippen LogP contribution in [0.5, 0.6) is 5.75 Å². The molecular formula is C12H17NO2. The fourth-order valence-corrected chi connectivity index (χ4v) is 1.73. The molecule has 82 valence electrons. The van der Waals surface area contributed by atoms with Crippen LogP contribution in [0, 0.1) is 6.92 Å². The normalized spacial score (nSPS) is 17.5. The highest BCUT2D eigenvalue weighted by molar-refractivity contribution is 5.31. The molecule has 1 aromatic carbocycles. The van der Waals surface area contributed by atoms with Crippen molar-refractivity contribution >= 4 is 0 Å². The molecule has 0 atom stereocenters. The molecule has 1 aliphatic heterocycles. The monoisotopic (exact) mass is 207 g/mol. The van der Waals surface area contributed by atoms with E-state index in [1.165, 1.54) is 5.56 Å². The zero-order valence-electron chi connectivity index (χ0n) is 9.02. The number of likely N-dealkylation sites (tertiary alicyclic amines) is 1. The van der Waals surface area contributed by atoms with Gasteiger partial charge >= 0.3 is 0 Å². The quantitative estimate of drug-likeness (QED) is 0.801. The van der Waals surface area contributed by atoms with Crippen molar-refractivity contribution in [2.75, 3.05) is 26.2 Å². The first-order chi connectivity index (χ1) is 7.25. The van der Waals surface area contributed by atoms with Crippen LogP contribution in [0.15, 0.2) is 24.3 Å². The maximum atomic E-state index is 9.10. The third-order valence-electron chi connectivity index (χ3n) is 2.70. The lowest BCUT2D eigenvalue weighted by atomic mass is 10.2. The number of para-hydroxylation sites is 1. The van der Waals surface area contributed by atoms with Gasteiger partial charge in [-0.05, 0) is 18.6 Å². The Hall–Kier alpha value is -1.06. The van der Waals surface area contributed by atoms with E-state index >= 15 is 0 Å². The second-order valence-electron chi connectivity index (χ2n) is 4.03. The van der Waals surface area contributed by atoms with Crippen molar-refractivity contribution in [1.29, 1.82) is 0 Å². The van der Waals surface area contributed by atoms with Crippen LogP contribution < -0.4 is 4.74 Å². The molecule has 0 spiro atoms. The van der Waals surface area contributed by atoms with Gasteiger partial charge in [0.1, 0.15) is 12.4 Å². The first-order valence-electron chi connectivity index (χ1n) is 5.34. The summed E-state index contributed by atoms with van der Waals surface area (Å²) >= 11 is 0. The molecule has 3 nitrogen and oxygen atoms in total. The van der Waals surface area contributed by atoms with E-state index in [2.05, 4.69) is 4.90 Å². The number of rotatable bonds is 4. The second-order valence-corrected chi connectivity index (χ2v) is 4.03. The molecule has 15 heavy (non-hydrogen) atoms. The van der Waals surface area contributed by atoms with Crippen LogP contribution in [0.3, 0.4) is 0 Å². The first kappa shape index (κ1) is 10.5. The fraction of sp³-hybridized carbons (Fsp3) is 0.500. The highest BCUT2D eigenvalue weighted by Gasteiger charge is 2.23. The number of aliphatic hydroxyl groups excluding tert-OH is 1. The van der Waals surface area contributed by atoms with Crippen LogP contribution in [-0.2, 0) is 0 Å². The summed E-state index contributed by atoms with van der Waals surface area (Å²) in [5, 5.41) is 9.10. The van der Waals surface area contributed by atoms with Gasteiger partial charge in [0.05, 0.1) is 6.10 Å². The Morgan fingerprint density at radius 3 is 2.80 bits per heavy atom. The predicted molar refractivity (Wildman–Crippen MR) is 59.1 cm³/mol. The summed E-state index contributed by atoms with van der Waals surface area (Å²) in [6.45, 7) is 5.21. The molecule has 1 aromatic rings. The number of nitrogens with zero attached hydrogens (tertiary/aromatic N) is 1. The largest absolute Gasteiger partial charge is 0.492 e. The van der Waals surface area contributed by atoms with Gasteiger partial charge in [0.15, 0.2) is 0 Å². The highest BCUT2D eigenvalue weighted by atomic mass is 16.5. The summed E-state index contributed by atoms with van der Waals surface area (Å²) in [5.74, 6) is 0.957. The van der Waals surface area contributed by atoms with Crippen LogP contribution in [0.1, 0.15) is 5.56 Å². The first-order valence-corrected chi connectivity index (χ1v) is 5.34. The Balaban J connectivity index is 1.72. The zero-order chi connectivity index (χ0) is 10.7. The summed E-state index contributed by atoms with van der Waals surface area (Å²) in [6.07, 6.45) is -0.122. The van der Waals surface area contributed by atoms with Crippen LogP contribution in [-0.4, -0.2) is 42.4 Å². The third kappa shape index (κ3) is 2.70. The number of hydrogen-bond donors (Lipinski definition) is 1. The molecule has 0 bridgehead atoms. The van der Waals surface area contributed by atoms with Gasteiger partial charge in [-0.25, -0.2) is 0 Å². The Kier molecular flexibility index (Phi) is 3.23. The molecule has 1 heterocycles. The lowest BCUT2D eigenvalue weighted by molar-refractivity contribution is -0.00391. The van der Waals surface area contributed by atoms with Gasteiger partial charge in [0, 0.05) is 19.6 Å². The maximum Gasteiger partial charge on any atom is 0.122 e. The SMILES string of the molecule is Cc1ccccc1OCCN1CC(O)C1. The number of aliphatic hydroxyl groups is 1. The minimum atomic E-state index is -0.122. The number of benzene rings is 1. The minimum Gasteiger partial charge on any atom is -0.492 e. The molecule has 0 aromatic heterocycles. The van der Waals surface area contributed by atoms with Crippen molar-refractivity contribution < 1.29 is 9.84 Å². The van der Waals surface area contributed by atoms with Crippen LogP contribution in [0.25, 0.3) is 0 Å². The zero-order valence-corrected chi connectivity index (χ0v) is 9.02. The average Bonchev–Trinajstić information content (AvgIpc) is 2.18. The molecular weight excluding hydrogens is 190 g/mol. The molecule has 1 saturated heterocycles. The number of hydrogen-bond acceptors (Lipinski definition) is 3. The lowest BCUT2D eigenvalue weighted by Gasteiger charge is -2.35. The standard InChI is InChI=1S/C12H17NO2/c1-10-4-2-3-5-12(10)15-7-6-13-8-11(14)9-13/h2-5,11,14H,6-9H2,1H3. The minimum absolute atomic E-state index is 0.122. The number of aryl methyl sites for hydroxylation is 1. The topological polar surface area (TPSA) is 32.7 Å². The molecule has 3 heteroatoms. The smallest absolute Gasteiger partial charge is 0.122 e. The summed E-state index contributed by atoms with van der Waals surface area (Å²) in [4.78, 5) is 2.18. The van der Waals surface area contributed by atoms with Crippen molar-refractivity contribution in [3.8, 4) is 5.75 Å². The van der Waals surface area contributed by atoms with E-state index in [0.29, 0.717) is 6.61 Å². The van der Waals surface area contributed by atoms with Crippen LogP contribution in [0.2, 0.25) is 0 Å². The van der Waals surface area contributed by atoms with Gasteiger partial charge < -0.3 is 9.84 Å². The lowest BCUT2D eigenvalue weighted by Crippen LogP contribution is -2.51. The molecule has 0 unspecified atom stereocenters. The molecule has 1 N–H and O–H groups in total. The van der Waals surface area contributed by atoms with E-state index in [-0.39, 0.29) is 6.10 Å². The summed E-state index contributed by atoms with van der Waals surface area (Å²) in [5.41, 5.74) is 1.17. The van der Waals surface area contributed by atoms with Gasteiger partial charge in [0.25, 0.3) is 0 Å². The average molecular weight is 207 g/mol. The van der Waals surface area contributed by atoms with Crippen molar-refractivity contribution in [3.05, 3.63) is 29.8 Å². The van der Waals surface area contributed by atoms with Gasteiger partial charge in [0.2, 0.25) is 0 Å². The van der Waals surface area contributed by atoms with Crippen molar-refractivity contribution in [2.45, 2.75) is 13.0 Å². The van der Waals surface area contributed by atoms with E-state index in [0.717, 1.165) is 25.4 Å². The van der Waals surface area contributed by atoms with E-state index in [4.69, 9.17) is 9.84 Å². The van der Waals surface area contributed by atoms with E-state index < -0.39 is 0 Å². The molecule has 0 amide bonds. The second kappa shape index (κ2) is 4.64. The third-order valence-corrected chi connectivity index (χ3v) is 2.70. The van der Waals surface area contributed by atoms with Gasteiger partial charge in [-0.15, -0.1) is 0 Å². The molecule has 0 saturated carbocycles. The molecule has 2 rings (SSSR count). The Bertz CT molecular complexity index is 321. The fourth-order valence-electron chi connectivity index (χ4n) is 1.73. The number of β-amino-alcohol motifs (C(OH)–C–C–N with tert-alkyl or cyclic N) is 1. The molecule has 0 radical (unpaired) electrons. The Morgan fingerprint density at radius 2 is 2.13 bits per heavy atom. The van der Waals surface area contributed by atoms with Gasteiger partial charge in [-0.1, -0.05) is 18.2 Å². The molecule has 1 fully saturated rings. The van der Waals surface area contributed by atoms with Crippen molar-refractivity contribution in [3.63, 3.8) is 0 Å². The van der Waals surface area contributed by atoms with Crippen molar-refractivity contribution in [1.82, 2.24) is 4.90 Å². The van der Waals surface area contributed by atoms with Gasteiger partial charge in [-0.2, -0.15) is 0 Å². The Labute approximate surface area is 90.3 Å². The van der Waals surface area contributed by atoms with Crippen LogP contribution in [0.4, 0.5) is 0 Å². The predicted octanol–water partition coefficient (Wildman–Crippen LogP) is 1.05. The number of ether oxygens (including phenoxy) is 1.